The molecule has 0 radical (unpaired) electrons. The van der Waals surface area contributed by atoms with E-state index >= 15 is 0 Å². The van der Waals surface area contributed by atoms with Gasteiger partial charge in [-0.1, -0.05) is 18.2 Å². The van der Waals surface area contributed by atoms with Crippen LogP contribution in [0.5, 0.6) is 0 Å². The SMILES string of the molecule is O=C(c1ccc(-c2cccc(C(F)(F)F)c2)o1)N1C[C@H]2C[C@H](C1)c1cccc(=O)n1C2. The maximum Gasteiger partial charge on any atom is 0.416 e. The van der Waals surface area contributed by atoms with Crippen molar-refractivity contribution >= 4 is 5.91 Å². The number of fused-ring (bicyclic) bond motifs is 4. The molecule has 1 amide bonds. The predicted molar refractivity (Wildman–Crippen MR) is 107 cm³/mol. The van der Waals surface area contributed by atoms with Crippen molar-refractivity contribution in [2.45, 2.75) is 25.1 Å². The van der Waals surface area contributed by atoms with E-state index in [1.807, 2.05) is 6.07 Å². The molecule has 0 unspecified atom stereocenters. The summed E-state index contributed by atoms with van der Waals surface area (Å²) in [7, 11) is 0. The van der Waals surface area contributed by atoms with E-state index in [9.17, 15) is 22.8 Å². The molecule has 160 valence electrons. The Hall–Kier alpha value is -3.29. The van der Waals surface area contributed by atoms with E-state index in [0.717, 1.165) is 24.2 Å². The van der Waals surface area contributed by atoms with Gasteiger partial charge in [0.25, 0.3) is 11.5 Å². The predicted octanol–water partition coefficient (Wildman–Crippen LogP) is 4.39. The molecule has 0 saturated carbocycles. The Kier molecular flexibility index (Phi) is 4.53. The number of alkyl halides is 3. The van der Waals surface area contributed by atoms with Crippen LogP contribution in [0.3, 0.4) is 0 Å². The lowest BCUT2D eigenvalue weighted by molar-refractivity contribution is -0.137. The van der Waals surface area contributed by atoms with Crippen molar-refractivity contribution in [1.82, 2.24) is 9.47 Å². The van der Waals surface area contributed by atoms with Gasteiger partial charge in [-0.15, -0.1) is 0 Å². The molecule has 5 rings (SSSR count). The van der Waals surface area contributed by atoms with E-state index < -0.39 is 11.7 Å². The minimum absolute atomic E-state index is 0.0243. The van der Waals surface area contributed by atoms with Gasteiger partial charge in [-0.3, -0.25) is 9.59 Å². The van der Waals surface area contributed by atoms with Gasteiger partial charge in [0.15, 0.2) is 5.76 Å². The van der Waals surface area contributed by atoms with Crippen molar-refractivity contribution in [2.24, 2.45) is 5.92 Å². The summed E-state index contributed by atoms with van der Waals surface area (Å²) in [5.41, 5.74) is 0.402. The van der Waals surface area contributed by atoms with E-state index in [2.05, 4.69) is 0 Å². The summed E-state index contributed by atoms with van der Waals surface area (Å²) in [5, 5.41) is 0. The molecule has 0 spiro atoms. The molecule has 2 aliphatic heterocycles. The Bertz CT molecular complexity index is 1210. The summed E-state index contributed by atoms with van der Waals surface area (Å²) >= 11 is 0. The third kappa shape index (κ3) is 3.56. The van der Waals surface area contributed by atoms with Gasteiger partial charge in [0.2, 0.25) is 0 Å². The van der Waals surface area contributed by atoms with Crippen molar-refractivity contribution in [3.8, 4) is 11.3 Å². The van der Waals surface area contributed by atoms with Gasteiger partial charge in [-0.05, 0) is 42.7 Å². The average Bonchev–Trinajstić information content (AvgIpc) is 3.24. The molecule has 2 bridgehead atoms. The molecular formula is C23H19F3N2O3. The van der Waals surface area contributed by atoms with Crippen LogP contribution in [0.15, 0.2) is 63.8 Å². The van der Waals surface area contributed by atoms with Gasteiger partial charge in [0.05, 0.1) is 5.56 Å². The first-order chi connectivity index (χ1) is 14.8. The minimum Gasteiger partial charge on any atom is -0.451 e. The minimum atomic E-state index is -4.45. The number of hydrogen-bond donors (Lipinski definition) is 0. The third-order valence-electron chi connectivity index (χ3n) is 6.06. The number of benzene rings is 1. The van der Waals surface area contributed by atoms with Crippen LogP contribution in [0.1, 0.15) is 34.2 Å². The smallest absolute Gasteiger partial charge is 0.416 e. The van der Waals surface area contributed by atoms with E-state index in [1.165, 1.54) is 24.3 Å². The summed E-state index contributed by atoms with van der Waals surface area (Å²) in [6.07, 6.45) is -3.54. The first-order valence-corrected chi connectivity index (χ1v) is 10.1. The Morgan fingerprint density at radius 3 is 2.61 bits per heavy atom. The second kappa shape index (κ2) is 7.14. The van der Waals surface area contributed by atoms with Crippen LogP contribution >= 0.6 is 0 Å². The second-order valence-electron chi connectivity index (χ2n) is 8.15. The van der Waals surface area contributed by atoms with E-state index in [4.69, 9.17) is 4.42 Å². The van der Waals surface area contributed by atoms with Crippen molar-refractivity contribution in [2.75, 3.05) is 13.1 Å². The van der Waals surface area contributed by atoms with Gasteiger partial charge in [-0.2, -0.15) is 13.2 Å². The largest absolute Gasteiger partial charge is 0.451 e. The van der Waals surface area contributed by atoms with Crippen molar-refractivity contribution in [1.29, 1.82) is 0 Å². The zero-order valence-corrected chi connectivity index (χ0v) is 16.4. The van der Waals surface area contributed by atoms with Crippen LogP contribution in [0.4, 0.5) is 13.2 Å². The zero-order chi connectivity index (χ0) is 21.8. The van der Waals surface area contributed by atoms with E-state index in [0.29, 0.717) is 19.6 Å². The van der Waals surface area contributed by atoms with Crippen molar-refractivity contribution < 1.29 is 22.4 Å². The maximum atomic E-state index is 13.1. The first kappa shape index (κ1) is 19.7. The molecule has 1 saturated heterocycles. The van der Waals surface area contributed by atoms with E-state index in [-0.39, 0.29) is 40.4 Å². The summed E-state index contributed by atoms with van der Waals surface area (Å²) in [6, 6.07) is 13.1. The molecule has 0 aliphatic carbocycles. The quantitative estimate of drug-likeness (QED) is 0.609. The molecule has 8 heteroatoms. The Morgan fingerprint density at radius 1 is 1.00 bits per heavy atom. The molecule has 1 fully saturated rings. The summed E-state index contributed by atoms with van der Waals surface area (Å²) in [4.78, 5) is 26.9. The Balaban J connectivity index is 1.38. The second-order valence-corrected chi connectivity index (χ2v) is 8.15. The summed E-state index contributed by atoms with van der Waals surface area (Å²) in [6.45, 7) is 1.55. The van der Waals surface area contributed by atoms with E-state index in [1.54, 1.807) is 21.6 Å². The van der Waals surface area contributed by atoms with Gasteiger partial charge >= 0.3 is 6.18 Å². The molecule has 2 atom stereocenters. The lowest BCUT2D eigenvalue weighted by Gasteiger charge is -2.42. The number of carbonyl (C=O) groups is 1. The molecule has 0 N–H and O–H groups in total. The number of piperidine rings is 1. The number of halogens is 3. The standard InChI is InChI=1S/C23H19F3N2O3/c24-23(25,26)17-4-1-3-15(10-17)19-7-8-20(31-19)22(30)27-11-14-9-16(13-27)18-5-2-6-21(29)28(18)12-14/h1-8,10,14,16H,9,11-13H2/t14-,16-/m1/s1. The fourth-order valence-corrected chi connectivity index (χ4v) is 4.67. The number of furan rings is 1. The first-order valence-electron chi connectivity index (χ1n) is 10.1. The van der Waals surface area contributed by atoms with Crippen LogP contribution in [0.25, 0.3) is 11.3 Å². The molecule has 5 nitrogen and oxygen atoms in total. The average molecular weight is 428 g/mol. The maximum absolute atomic E-state index is 13.1. The van der Waals surface area contributed by atoms with Crippen LogP contribution in [-0.4, -0.2) is 28.5 Å². The Morgan fingerprint density at radius 2 is 1.81 bits per heavy atom. The number of aromatic nitrogens is 1. The highest BCUT2D eigenvalue weighted by Crippen LogP contribution is 2.36. The number of rotatable bonds is 2. The number of hydrogen-bond acceptors (Lipinski definition) is 3. The fourth-order valence-electron chi connectivity index (χ4n) is 4.67. The third-order valence-corrected chi connectivity index (χ3v) is 6.06. The number of nitrogens with zero attached hydrogens (tertiary/aromatic N) is 2. The highest BCUT2D eigenvalue weighted by atomic mass is 19.4. The lowest BCUT2D eigenvalue weighted by atomic mass is 9.83. The van der Waals surface area contributed by atoms with Crippen LogP contribution < -0.4 is 5.56 Å². The monoisotopic (exact) mass is 428 g/mol. The molecule has 2 aliphatic rings. The zero-order valence-electron chi connectivity index (χ0n) is 16.4. The molecular weight excluding hydrogens is 409 g/mol. The number of carbonyl (C=O) groups excluding carboxylic acids is 1. The fraction of sp³-hybridized carbons (Fsp3) is 0.304. The summed E-state index contributed by atoms with van der Waals surface area (Å²) < 4.78 is 46.4. The van der Waals surface area contributed by atoms with Gasteiger partial charge in [0.1, 0.15) is 5.76 Å². The lowest BCUT2D eigenvalue weighted by Crippen LogP contribution is -2.49. The topological polar surface area (TPSA) is 55.5 Å². The van der Waals surface area contributed by atoms with Gasteiger partial charge in [-0.25, -0.2) is 0 Å². The van der Waals surface area contributed by atoms with Crippen LogP contribution in [0.2, 0.25) is 0 Å². The summed E-state index contributed by atoms with van der Waals surface area (Å²) in [5.74, 6) is 0.262. The number of pyridine rings is 1. The molecule has 1 aromatic carbocycles. The highest BCUT2D eigenvalue weighted by Gasteiger charge is 2.37. The molecule has 4 heterocycles. The molecule has 31 heavy (non-hydrogen) atoms. The highest BCUT2D eigenvalue weighted by molar-refractivity contribution is 5.92. The molecule has 3 aromatic rings. The van der Waals surface area contributed by atoms with Crippen molar-refractivity contribution in [3.05, 3.63) is 82.0 Å². The van der Waals surface area contributed by atoms with Gasteiger partial charge in [0, 0.05) is 42.9 Å². The Labute approximate surface area is 175 Å². The van der Waals surface area contributed by atoms with Gasteiger partial charge < -0.3 is 13.9 Å². The van der Waals surface area contributed by atoms with Crippen LogP contribution in [0, 0.1) is 5.92 Å². The molecule has 2 aromatic heterocycles. The number of amides is 1. The normalized spacial score (nSPS) is 20.4. The number of likely N-dealkylation sites (tertiary alicyclic amines) is 1. The van der Waals surface area contributed by atoms with Crippen molar-refractivity contribution in [3.63, 3.8) is 0 Å². The van der Waals surface area contributed by atoms with Crippen LogP contribution in [-0.2, 0) is 12.7 Å².